The summed E-state index contributed by atoms with van der Waals surface area (Å²) in [6.07, 6.45) is 4.24. The summed E-state index contributed by atoms with van der Waals surface area (Å²) in [7, 11) is 2.24. The molecule has 0 N–H and O–H groups in total. The van der Waals surface area contributed by atoms with Gasteiger partial charge in [-0.1, -0.05) is 13.8 Å². The zero-order valence-electron chi connectivity index (χ0n) is 19.1. The molecule has 5 heteroatoms. The molecular weight excluding hydrogens is 386 g/mol. The molecule has 0 bridgehead atoms. The van der Waals surface area contributed by atoms with Crippen molar-refractivity contribution in [2.24, 2.45) is 0 Å². The lowest BCUT2D eigenvalue weighted by atomic mass is 9.98. The number of hydrogen-bond donors (Lipinski definition) is 0. The number of nitrogens with zero attached hydrogens (tertiary/aromatic N) is 3. The van der Waals surface area contributed by atoms with Crippen LogP contribution in [0.2, 0.25) is 0 Å². The van der Waals surface area contributed by atoms with Gasteiger partial charge in [0, 0.05) is 42.6 Å². The molecule has 1 unspecified atom stereocenters. The lowest BCUT2D eigenvalue weighted by molar-refractivity contribution is 0.0980. The maximum Gasteiger partial charge on any atom is 0.258 e. The minimum Gasteiger partial charge on any atom is -0.494 e. The molecule has 5 nitrogen and oxygen atoms in total. The Morgan fingerprint density at radius 3 is 2.55 bits per heavy atom. The first-order valence-electron chi connectivity index (χ1n) is 11.7. The van der Waals surface area contributed by atoms with Gasteiger partial charge in [-0.2, -0.15) is 0 Å². The molecule has 0 radical (unpaired) electrons. The molecule has 1 atom stereocenters. The van der Waals surface area contributed by atoms with Gasteiger partial charge in [0.25, 0.3) is 5.91 Å². The summed E-state index contributed by atoms with van der Waals surface area (Å²) in [5, 5.41) is 0. The van der Waals surface area contributed by atoms with Gasteiger partial charge >= 0.3 is 0 Å². The average molecular weight is 422 g/mol. The number of carbonyl (C=O) groups excluding carboxylic acids is 1. The molecule has 0 spiro atoms. The smallest absolute Gasteiger partial charge is 0.258 e. The molecule has 2 heterocycles. The first kappa shape index (κ1) is 21.7. The normalized spacial score (nSPS) is 18.6. The van der Waals surface area contributed by atoms with Gasteiger partial charge in [-0.05, 0) is 87.3 Å². The van der Waals surface area contributed by atoms with Crippen molar-refractivity contribution < 1.29 is 9.53 Å². The molecule has 0 saturated carbocycles. The third kappa shape index (κ3) is 4.72. The minimum atomic E-state index is 0.0819. The van der Waals surface area contributed by atoms with Crippen molar-refractivity contribution in [3.63, 3.8) is 0 Å². The van der Waals surface area contributed by atoms with E-state index in [0.717, 1.165) is 55.0 Å². The molecule has 0 aliphatic carbocycles. The van der Waals surface area contributed by atoms with Gasteiger partial charge in [-0.25, -0.2) is 0 Å². The number of rotatable bonds is 8. The standard InChI is InChI=1S/C26H35N3O2/c1-4-14-27(3)23-13-15-28(19-23)21-6-8-22(9-7-21)29-16-12-20-18-24(31-17-5-2)10-11-25(20)26(29)30/h6-11,18,23H,4-5,12-17,19H2,1-3H3. The predicted octanol–water partition coefficient (Wildman–Crippen LogP) is 4.60. The second kappa shape index (κ2) is 9.73. The topological polar surface area (TPSA) is 36.0 Å². The number of likely N-dealkylation sites (N-methyl/N-ethyl adjacent to an activating group) is 1. The Morgan fingerprint density at radius 2 is 1.81 bits per heavy atom. The first-order valence-corrected chi connectivity index (χ1v) is 11.7. The summed E-state index contributed by atoms with van der Waals surface area (Å²) in [5.41, 5.74) is 4.11. The summed E-state index contributed by atoms with van der Waals surface area (Å²) in [4.78, 5) is 20.0. The second-order valence-electron chi connectivity index (χ2n) is 8.76. The number of amides is 1. The summed E-state index contributed by atoms with van der Waals surface area (Å²) in [6, 6.07) is 15.0. The van der Waals surface area contributed by atoms with Crippen LogP contribution in [-0.2, 0) is 6.42 Å². The van der Waals surface area contributed by atoms with Crippen LogP contribution in [0.25, 0.3) is 0 Å². The number of benzene rings is 2. The van der Waals surface area contributed by atoms with E-state index in [1.165, 1.54) is 18.5 Å². The van der Waals surface area contributed by atoms with Crippen LogP contribution in [-0.4, -0.2) is 56.7 Å². The molecule has 2 aromatic carbocycles. The van der Waals surface area contributed by atoms with E-state index >= 15 is 0 Å². The molecule has 1 amide bonds. The first-order chi connectivity index (χ1) is 15.1. The summed E-state index contributed by atoms with van der Waals surface area (Å²) >= 11 is 0. The Morgan fingerprint density at radius 1 is 1.03 bits per heavy atom. The molecule has 166 valence electrons. The molecule has 1 fully saturated rings. The van der Waals surface area contributed by atoms with Gasteiger partial charge in [0.2, 0.25) is 0 Å². The van der Waals surface area contributed by atoms with Crippen LogP contribution in [0, 0.1) is 0 Å². The molecule has 2 aliphatic heterocycles. The monoisotopic (exact) mass is 421 g/mol. The highest BCUT2D eigenvalue weighted by Crippen LogP contribution is 2.30. The Bertz CT molecular complexity index is 896. The summed E-state index contributed by atoms with van der Waals surface area (Å²) in [6.45, 7) is 9.07. The Hall–Kier alpha value is -2.53. The van der Waals surface area contributed by atoms with Gasteiger partial charge in [0.1, 0.15) is 5.75 Å². The van der Waals surface area contributed by atoms with E-state index in [2.05, 4.69) is 55.0 Å². The van der Waals surface area contributed by atoms with E-state index < -0.39 is 0 Å². The van der Waals surface area contributed by atoms with Crippen molar-refractivity contribution in [1.82, 2.24) is 4.90 Å². The Labute approximate surface area is 186 Å². The van der Waals surface area contributed by atoms with Crippen molar-refractivity contribution in [2.45, 2.75) is 45.6 Å². The Balaban J connectivity index is 1.42. The molecule has 2 aliphatic rings. The van der Waals surface area contributed by atoms with Gasteiger partial charge in [0.05, 0.1) is 6.61 Å². The number of carbonyl (C=O) groups is 1. The second-order valence-corrected chi connectivity index (χ2v) is 8.76. The lowest BCUT2D eigenvalue weighted by Crippen LogP contribution is -2.37. The zero-order chi connectivity index (χ0) is 21.8. The van der Waals surface area contributed by atoms with Gasteiger partial charge in [0.15, 0.2) is 0 Å². The van der Waals surface area contributed by atoms with Crippen LogP contribution >= 0.6 is 0 Å². The number of anilines is 2. The zero-order valence-corrected chi connectivity index (χ0v) is 19.1. The number of ether oxygens (including phenoxy) is 1. The molecule has 1 saturated heterocycles. The van der Waals surface area contributed by atoms with E-state index in [1.54, 1.807) is 0 Å². The van der Waals surface area contributed by atoms with E-state index in [9.17, 15) is 4.79 Å². The maximum absolute atomic E-state index is 13.1. The van der Waals surface area contributed by atoms with Crippen LogP contribution in [0.15, 0.2) is 42.5 Å². The van der Waals surface area contributed by atoms with E-state index in [0.29, 0.717) is 19.2 Å². The van der Waals surface area contributed by atoms with E-state index in [1.807, 2.05) is 23.1 Å². The largest absolute Gasteiger partial charge is 0.494 e. The number of hydrogen-bond acceptors (Lipinski definition) is 4. The van der Waals surface area contributed by atoms with E-state index in [-0.39, 0.29) is 5.91 Å². The van der Waals surface area contributed by atoms with Crippen molar-refractivity contribution >= 4 is 17.3 Å². The highest BCUT2D eigenvalue weighted by atomic mass is 16.5. The van der Waals surface area contributed by atoms with Crippen molar-refractivity contribution in [1.29, 1.82) is 0 Å². The molecule has 4 rings (SSSR count). The fraction of sp³-hybridized carbons (Fsp3) is 0.500. The summed E-state index contributed by atoms with van der Waals surface area (Å²) in [5.74, 6) is 0.943. The fourth-order valence-electron chi connectivity index (χ4n) is 4.74. The molecule has 31 heavy (non-hydrogen) atoms. The average Bonchev–Trinajstić information content (AvgIpc) is 3.29. The van der Waals surface area contributed by atoms with Crippen LogP contribution in [0.4, 0.5) is 11.4 Å². The summed E-state index contributed by atoms with van der Waals surface area (Å²) < 4.78 is 5.73. The van der Waals surface area contributed by atoms with Gasteiger partial charge in [-0.15, -0.1) is 0 Å². The van der Waals surface area contributed by atoms with Gasteiger partial charge in [-0.3, -0.25) is 4.79 Å². The highest BCUT2D eigenvalue weighted by molar-refractivity contribution is 6.08. The van der Waals surface area contributed by atoms with Crippen molar-refractivity contribution in [2.75, 3.05) is 49.6 Å². The van der Waals surface area contributed by atoms with E-state index in [4.69, 9.17) is 4.74 Å². The quantitative estimate of drug-likeness (QED) is 0.624. The minimum absolute atomic E-state index is 0.0819. The third-order valence-corrected chi connectivity index (χ3v) is 6.52. The third-order valence-electron chi connectivity index (χ3n) is 6.52. The molecule has 2 aromatic rings. The maximum atomic E-state index is 13.1. The predicted molar refractivity (Wildman–Crippen MR) is 128 cm³/mol. The number of fused-ring (bicyclic) bond motifs is 1. The van der Waals surface area contributed by atoms with Gasteiger partial charge < -0.3 is 19.4 Å². The molecule has 0 aromatic heterocycles. The highest BCUT2D eigenvalue weighted by Gasteiger charge is 2.27. The van der Waals surface area contributed by atoms with Crippen LogP contribution in [0.5, 0.6) is 5.75 Å². The lowest BCUT2D eigenvalue weighted by Gasteiger charge is -2.29. The van der Waals surface area contributed by atoms with Crippen LogP contribution in [0.1, 0.15) is 49.0 Å². The van der Waals surface area contributed by atoms with Crippen molar-refractivity contribution in [3.05, 3.63) is 53.6 Å². The van der Waals surface area contributed by atoms with Crippen LogP contribution in [0.3, 0.4) is 0 Å². The van der Waals surface area contributed by atoms with Crippen LogP contribution < -0.4 is 14.5 Å². The SMILES string of the molecule is CCCOc1ccc2c(c1)CCN(c1ccc(N3CCC(N(C)CCC)C3)cc1)C2=O. The molecular formula is C26H35N3O2. The van der Waals surface area contributed by atoms with Crippen molar-refractivity contribution in [3.8, 4) is 5.75 Å². The Kier molecular flexibility index (Phi) is 6.81. The fourth-order valence-corrected chi connectivity index (χ4v) is 4.74.